The predicted molar refractivity (Wildman–Crippen MR) is 101 cm³/mol. The van der Waals surface area contributed by atoms with Crippen LogP contribution >= 0.6 is 0 Å². The molecule has 4 rings (SSSR count). The van der Waals surface area contributed by atoms with Gasteiger partial charge in [-0.25, -0.2) is 0 Å². The Morgan fingerprint density at radius 1 is 0.591 bits per heavy atom. The summed E-state index contributed by atoms with van der Waals surface area (Å²) in [4.78, 5) is 0. The fraction of sp³-hybridized carbons (Fsp3) is 0.100. The molecule has 0 radical (unpaired) electrons. The Bertz CT molecular complexity index is 774. The van der Waals surface area contributed by atoms with Crippen molar-refractivity contribution < 1.29 is 0 Å². The minimum atomic E-state index is -2.19. The van der Waals surface area contributed by atoms with E-state index in [0.717, 1.165) is 0 Å². The van der Waals surface area contributed by atoms with Crippen molar-refractivity contribution in [1.29, 1.82) is 0 Å². The van der Waals surface area contributed by atoms with Gasteiger partial charge >= 0.3 is 136 Å². The molecule has 1 aliphatic rings. The Morgan fingerprint density at radius 2 is 1.05 bits per heavy atom. The fourth-order valence-corrected chi connectivity index (χ4v) is 10.7. The molecule has 3 aromatic rings. The molecule has 1 aliphatic heterocycles. The second-order valence-corrected chi connectivity index (χ2v) is 15.7. The SMILES string of the molecule is [CH3][Ge]1([CH3])[c]2ccccc2B(c2ccccc2)c2cccc[c]21. The maximum absolute atomic E-state index is 2.53. The molecule has 0 nitrogen and oxygen atoms in total. The zero-order chi connectivity index (χ0) is 15.2. The molecule has 0 atom stereocenters. The standard InChI is InChI=1S/C20H19BGe/c1-22(2)19-14-8-6-12-17(19)21(16-10-4-3-5-11-16)18-13-7-9-15-20(18)22/h3-15H,1-2H3. The number of benzene rings is 3. The molecule has 0 spiro atoms. The van der Waals surface area contributed by atoms with Crippen LogP contribution in [-0.4, -0.2) is 20.0 Å². The fourth-order valence-electron chi connectivity index (χ4n) is 3.95. The summed E-state index contributed by atoms with van der Waals surface area (Å²) in [5.74, 6) is 5.05. The van der Waals surface area contributed by atoms with Gasteiger partial charge in [-0.1, -0.05) is 0 Å². The Balaban J connectivity index is 2.05. The second-order valence-electron chi connectivity index (χ2n) is 6.64. The van der Waals surface area contributed by atoms with Crippen LogP contribution < -0.4 is 25.2 Å². The van der Waals surface area contributed by atoms with E-state index in [1.165, 1.54) is 16.4 Å². The number of fused-ring (bicyclic) bond motifs is 2. The van der Waals surface area contributed by atoms with Gasteiger partial charge in [0.25, 0.3) is 0 Å². The molecular formula is C20H19BGe. The van der Waals surface area contributed by atoms with Crippen LogP contribution in [0.3, 0.4) is 0 Å². The van der Waals surface area contributed by atoms with Gasteiger partial charge in [0, 0.05) is 0 Å². The summed E-state index contributed by atoms with van der Waals surface area (Å²) in [6.45, 7) is 0.382. The third-order valence-corrected chi connectivity index (χ3v) is 12.6. The summed E-state index contributed by atoms with van der Waals surface area (Å²) in [5.41, 5.74) is 4.45. The van der Waals surface area contributed by atoms with Crippen LogP contribution in [0.1, 0.15) is 0 Å². The summed E-state index contributed by atoms with van der Waals surface area (Å²) >= 11 is -2.19. The Morgan fingerprint density at radius 3 is 1.59 bits per heavy atom. The molecular weight excluding hydrogens is 324 g/mol. The van der Waals surface area contributed by atoms with Gasteiger partial charge < -0.3 is 0 Å². The van der Waals surface area contributed by atoms with Crippen LogP contribution in [0.5, 0.6) is 0 Å². The van der Waals surface area contributed by atoms with Crippen LogP contribution in [0.15, 0.2) is 78.9 Å². The predicted octanol–water partition coefficient (Wildman–Crippen LogP) is 1.34. The molecule has 0 saturated carbocycles. The molecule has 0 fully saturated rings. The average Bonchev–Trinajstić information content (AvgIpc) is 2.56. The molecule has 1 heterocycles. The van der Waals surface area contributed by atoms with Crippen molar-refractivity contribution in [2.45, 2.75) is 11.5 Å². The van der Waals surface area contributed by atoms with Gasteiger partial charge in [0.15, 0.2) is 0 Å². The van der Waals surface area contributed by atoms with Crippen molar-refractivity contribution in [2.75, 3.05) is 0 Å². The van der Waals surface area contributed by atoms with Crippen LogP contribution in [0.4, 0.5) is 0 Å². The summed E-state index contributed by atoms with van der Waals surface area (Å²) in [5, 5.41) is 0. The molecule has 0 aliphatic carbocycles. The van der Waals surface area contributed by atoms with E-state index >= 15 is 0 Å². The van der Waals surface area contributed by atoms with Gasteiger partial charge in [-0.3, -0.25) is 0 Å². The first-order valence-electron chi connectivity index (χ1n) is 7.93. The van der Waals surface area contributed by atoms with E-state index in [2.05, 4.69) is 90.4 Å². The number of hydrogen-bond acceptors (Lipinski definition) is 0. The summed E-state index contributed by atoms with van der Waals surface area (Å²) in [6.07, 6.45) is 0. The summed E-state index contributed by atoms with van der Waals surface area (Å²) < 4.78 is 3.27. The second kappa shape index (κ2) is 5.17. The molecule has 3 aromatic carbocycles. The normalized spacial score (nSPS) is 15.1. The molecule has 0 amide bonds. The van der Waals surface area contributed by atoms with E-state index < -0.39 is 13.3 Å². The minimum absolute atomic E-state index is 0.382. The summed E-state index contributed by atoms with van der Waals surface area (Å²) in [7, 11) is 0. The van der Waals surface area contributed by atoms with Gasteiger partial charge in [-0.2, -0.15) is 0 Å². The van der Waals surface area contributed by atoms with Crippen LogP contribution in [-0.2, 0) is 0 Å². The topological polar surface area (TPSA) is 0 Å². The maximum atomic E-state index is 2.53. The third kappa shape index (κ3) is 1.99. The quantitative estimate of drug-likeness (QED) is 0.586. The molecule has 0 aromatic heterocycles. The van der Waals surface area contributed by atoms with E-state index in [0.29, 0.717) is 6.71 Å². The van der Waals surface area contributed by atoms with Gasteiger partial charge in [-0.05, 0) is 0 Å². The molecule has 106 valence electrons. The molecule has 0 bridgehead atoms. The van der Waals surface area contributed by atoms with Crippen LogP contribution in [0.25, 0.3) is 0 Å². The molecule has 2 heteroatoms. The average molecular weight is 343 g/mol. The summed E-state index contributed by atoms with van der Waals surface area (Å²) in [6, 6.07) is 29.2. The van der Waals surface area contributed by atoms with Crippen molar-refractivity contribution >= 4 is 45.2 Å². The first kappa shape index (κ1) is 13.9. The Kier molecular flexibility index (Phi) is 3.27. The molecule has 0 unspecified atom stereocenters. The van der Waals surface area contributed by atoms with Crippen molar-refractivity contribution in [2.24, 2.45) is 0 Å². The van der Waals surface area contributed by atoms with Crippen LogP contribution in [0, 0.1) is 0 Å². The van der Waals surface area contributed by atoms with E-state index in [1.54, 1.807) is 8.79 Å². The van der Waals surface area contributed by atoms with Gasteiger partial charge in [-0.15, -0.1) is 0 Å². The first-order valence-corrected chi connectivity index (χ1v) is 14.2. The van der Waals surface area contributed by atoms with Gasteiger partial charge in [0.2, 0.25) is 0 Å². The number of rotatable bonds is 1. The zero-order valence-electron chi connectivity index (χ0n) is 13.1. The van der Waals surface area contributed by atoms with Gasteiger partial charge in [0.05, 0.1) is 0 Å². The molecule has 0 N–H and O–H groups in total. The molecule has 22 heavy (non-hydrogen) atoms. The Hall–Kier alpha value is -1.73. The van der Waals surface area contributed by atoms with Gasteiger partial charge in [0.1, 0.15) is 0 Å². The molecule has 0 saturated heterocycles. The van der Waals surface area contributed by atoms with Crippen molar-refractivity contribution in [3.8, 4) is 0 Å². The first-order chi connectivity index (χ1) is 10.7. The zero-order valence-corrected chi connectivity index (χ0v) is 15.2. The third-order valence-electron chi connectivity index (χ3n) is 5.02. The Labute approximate surface area is 135 Å². The van der Waals surface area contributed by atoms with E-state index in [4.69, 9.17) is 0 Å². The number of hydrogen-bond donors (Lipinski definition) is 0. The van der Waals surface area contributed by atoms with Crippen molar-refractivity contribution in [3.05, 3.63) is 78.9 Å². The van der Waals surface area contributed by atoms with E-state index in [9.17, 15) is 0 Å². The monoisotopic (exact) mass is 344 g/mol. The van der Waals surface area contributed by atoms with Crippen molar-refractivity contribution in [1.82, 2.24) is 0 Å². The van der Waals surface area contributed by atoms with Crippen molar-refractivity contribution in [3.63, 3.8) is 0 Å². The van der Waals surface area contributed by atoms with Crippen LogP contribution in [0.2, 0.25) is 11.5 Å². The van der Waals surface area contributed by atoms with E-state index in [1.807, 2.05) is 0 Å². The van der Waals surface area contributed by atoms with E-state index in [-0.39, 0.29) is 0 Å².